The molecule has 5 N–H and O–H groups in total. The van der Waals surface area contributed by atoms with Crippen molar-refractivity contribution in [2.45, 2.75) is 32.1 Å². The number of guanidine groups is 1. The summed E-state index contributed by atoms with van der Waals surface area (Å²) in [6.45, 7) is 4.55. The zero-order chi connectivity index (χ0) is 21.3. The number of hydrogen-bond acceptors (Lipinski definition) is 3. The van der Waals surface area contributed by atoms with Crippen LogP contribution in [0.5, 0.6) is 0 Å². The standard InChI is InChI=1S/C22H33FN6O.HI/c1-25-22(26-9-2-3-11-29-12-7-16(8-13-29)21(24)30)27-10-6-17-15-28-20-5-4-18(23)14-19(17)20;/h4-5,14-16,28H,2-3,6-13H2,1H3,(H2,24,30)(H2,25,26,27);1H. The fraction of sp³-hybridized carbons (Fsp3) is 0.545. The molecule has 0 bridgehead atoms. The third-order valence-corrected chi connectivity index (χ3v) is 5.82. The summed E-state index contributed by atoms with van der Waals surface area (Å²) in [4.78, 5) is 21.1. The lowest BCUT2D eigenvalue weighted by atomic mass is 9.96. The number of fused-ring (bicyclic) bond motifs is 1. The van der Waals surface area contributed by atoms with Gasteiger partial charge in [-0.3, -0.25) is 9.79 Å². The molecule has 31 heavy (non-hydrogen) atoms. The number of unbranched alkanes of at least 4 members (excludes halogenated alkanes) is 1. The van der Waals surface area contributed by atoms with E-state index < -0.39 is 0 Å². The zero-order valence-corrected chi connectivity index (χ0v) is 20.5. The van der Waals surface area contributed by atoms with Crippen LogP contribution in [-0.2, 0) is 11.2 Å². The van der Waals surface area contributed by atoms with Crippen molar-refractivity contribution in [1.29, 1.82) is 0 Å². The van der Waals surface area contributed by atoms with Crippen LogP contribution in [0.15, 0.2) is 29.4 Å². The van der Waals surface area contributed by atoms with Crippen LogP contribution in [0.2, 0.25) is 0 Å². The van der Waals surface area contributed by atoms with E-state index in [0.29, 0.717) is 0 Å². The van der Waals surface area contributed by atoms with Gasteiger partial charge in [0.05, 0.1) is 0 Å². The molecule has 0 radical (unpaired) electrons. The molecule has 172 valence electrons. The summed E-state index contributed by atoms with van der Waals surface area (Å²) in [6, 6.07) is 4.81. The first-order chi connectivity index (χ1) is 14.6. The molecule has 1 aromatic carbocycles. The van der Waals surface area contributed by atoms with Gasteiger partial charge in [0.15, 0.2) is 5.96 Å². The molecule has 2 aromatic rings. The number of hydrogen-bond donors (Lipinski definition) is 4. The first-order valence-corrected chi connectivity index (χ1v) is 10.8. The fourth-order valence-corrected chi connectivity index (χ4v) is 4.00. The highest BCUT2D eigenvalue weighted by Crippen LogP contribution is 2.19. The van der Waals surface area contributed by atoms with E-state index in [1.807, 2.05) is 6.20 Å². The van der Waals surface area contributed by atoms with Crippen molar-refractivity contribution < 1.29 is 9.18 Å². The number of rotatable bonds is 9. The van der Waals surface area contributed by atoms with E-state index in [9.17, 15) is 9.18 Å². The van der Waals surface area contributed by atoms with Gasteiger partial charge in [-0.15, -0.1) is 24.0 Å². The third-order valence-electron chi connectivity index (χ3n) is 5.82. The molecule has 9 heteroatoms. The molecule has 0 spiro atoms. The van der Waals surface area contributed by atoms with Crippen molar-refractivity contribution in [3.8, 4) is 0 Å². The number of carbonyl (C=O) groups excluding carboxylic acids is 1. The highest BCUT2D eigenvalue weighted by atomic mass is 127. The van der Waals surface area contributed by atoms with E-state index in [1.165, 1.54) is 6.07 Å². The van der Waals surface area contributed by atoms with Crippen LogP contribution in [0.1, 0.15) is 31.2 Å². The van der Waals surface area contributed by atoms with Gasteiger partial charge in [0.2, 0.25) is 5.91 Å². The molecule has 0 unspecified atom stereocenters. The van der Waals surface area contributed by atoms with E-state index in [4.69, 9.17) is 5.73 Å². The molecule has 1 amide bonds. The van der Waals surface area contributed by atoms with E-state index in [1.54, 1.807) is 19.2 Å². The normalized spacial score (nSPS) is 15.6. The summed E-state index contributed by atoms with van der Waals surface area (Å²) in [7, 11) is 1.76. The van der Waals surface area contributed by atoms with Crippen molar-refractivity contribution in [1.82, 2.24) is 20.5 Å². The monoisotopic (exact) mass is 544 g/mol. The molecule has 1 saturated heterocycles. The van der Waals surface area contributed by atoms with Crippen molar-refractivity contribution in [2.24, 2.45) is 16.6 Å². The minimum atomic E-state index is -0.217. The average molecular weight is 544 g/mol. The first kappa shape index (κ1) is 25.4. The lowest BCUT2D eigenvalue weighted by Crippen LogP contribution is -2.40. The number of piperidine rings is 1. The highest BCUT2D eigenvalue weighted by Gasteiger charge is 2.22. The minimum Gasteiger partial charge on any atom is -0.369 e. The van der Waals surface area contributed by atoms with Crippen LogP contribution in [0, 0.1) is 11.7 Å². The van der Waals surface area contributed by atoms with Gasteiger partial charge in [0.1, 0.15) is 5.82 Å². The van der Waals surface area contributed by atoms with E-state index in [-0.39, 0.29) is 41.6 Å². The number of benzene rings is 1. The number of H-pyrrole nitrogens is 1. The molecule has 0 aliphatic carbocycles. The van der Waals surface area contributed by atoms with Crippen molar-refractivity contribution in [2.75, 3.05) is 39.8 Å². The van der Waals surface area contributed by atoms with Gasteiger partial charge in [-0.25, -0.2) is 4.39 Å². The number of nitrogens with one attached hydrogen (secondary N) is 3. The number of nitrogens with zero attached hydrogens (tertiary/aromatic N) is 2. The van der Waals surface area contributed by atoms with Gasteiger partial charge in [0, 0.05) is 43.2 Å². The van der Waals surface area contributed by atoms with E-state index >= 15 is 0 Å². The fourth-order valence-electron chi connectivity index (χ4n) is 4.00. The molecule has 1 aliphatic rings. The number of aromatic nitrogens is 1. The highest BCUT2D eigenvalue weighted by molar-refractivity contribution is 14.0. The quantitative estimate of drug-likeness (QED) is 0.169. The van der Waals surface area contributed by atoms with Gasteiger partial charge >= 0.3 is 0 Å². The Morgan fingerprint density at radius 3 is 2.71 bits per heavy atom. The molecule has 7 nitrogen and oxygen atoms in total. The Hall–Kier alpha value is -1.88. The number of nitrogens with two attached hydrogens (primary N) is 1. The molecule has 1 aromatic heterocycles. The number of amides is 1. The third kappa shape index (κ3) is 7.64. The van der Waals surface area contributed by atoms with Crippen LogP contribution in [-0.4, -0.2) is 61.5 Å². The Labute approximate surface area is 200 Å². The van der Waals surface area contributed by atoms with Crippen LogP contribution >= 0.6 is 24.0 Å². The Kier molecular flexibility index (Phi) is 10.5. The molecule has 3 rings (SSSR count). The second-order valence-corrected chi connectivity index (χ2v) is 7.90. The Morgan fingerprint density at radius 2 is 2.00 bits per heavy atom. The molecule has 0 atom stereocenters. The number of carbonyl (C=O) groups is 1. The predicted molar refractivity (Wildman–Crippen MR) is 134 cm³/mol. The van der Waals surface area contributed by atoms with Crippen LogP contribution in [0.4, 0.5) is 4.39 Å². The molecule has 2 heterocycles. The minimum absolute atomic E-state index is 0. The van der Waals surface area contributed by atoms with Gasteiger partial charge in [-0.2, -0.15) is 0 Å². The summed E-state index contributed by atoms with van der Waals surface area (Å²) in [6.07, 6.45) is 6.64. The molecule has 1 fully saturated rings. The Bertz CT molecular complexity index is 863. The predicted octanol–water partition coefficient (Wildman–Crippen LogP) is 2.61. The van der Waals surface area contributed by atoms with E-state index in [0.717, 1.165) is 87.3 Å². The number of aliphatic imine (C=N–C) groups is 1. The topological polar surface area (TPSA) is 98.5 Å². The van der Waals surface area contributed by atoms with Crippen LogP contribution < -0.4 is 16.4 Å². The van der Waals surface area contributed by atoms with Gasteiger partial charge < -0.3 is 26.3 Å². The zero-order valence-electron chi connectivity index (χ0n) is 18.1. The summed E-state index contributed by atoms with van der Waals surface area (Å²) in [5.74, 6) is 0.463. The van der Waals surface area contributed by atoms with E-state index in [2.05, 4.69) is 25.5 Å². The molecule has 0 saturated carbocycles. The second-order valence-electron chi connectivity index (χ2n) is 7.90. The maximum Gasteiger partial charge on any atom is 0.220 e. The summed E-state index contributed by atoms with van der Waals surface area (Å²) in [5, 5.41) is 7.60. The Balaban J connectivity index is 0.00000341. The largest absolute Gasteiger partial charge is 0.369 e. The maximum atomic E-state index is 13.5. The summed E-state index contributed by atoms with van der Waals surface area (Å²) < 4.78 is 13.5. The average Bonchev–Trinajstić information content (AvgIpc) is 3.14. The van der Waals surface area contributed by atoms with Crippen molar-refractivity contribution in [3.05, 3.63) is 35.8 Å². The molecule has 1 aliphatic heterocycles. The number of likely N-dealkylation sites (tertiary alicyclic amines) is 1. The van der Waals surface area contributed by atoms with Gasteiger partial charge in [-0.05, 0) is 75.5 Å². The van der Waals surface area contributed by atoms with Gasteiger partial charge in [0.25, 0.3) is 0 Å². The van der Waals surface area contributed by atoms with Crippen LogP contribution in [0.25, 0.3) is 10.9 Å². The van der Waals surface area contributed by atoms with Crippen LogP contribution in [0.3, 0.4) is 0 Å². The second kappa shape index (κ2) is 12.8. The maximum absolute atomic E-state index is 13.5. The molecular formula is C22H34FIN6O. The lowest BCUT2D eigenvalue weighted by Gasteiger charge is -2.30. The number of halogens is 2. The summed E-state index contributed by atoms with van der Waals surface area (Å²) >= 11 is 0. The number of aromatic amines is 1. The smallest absolute Gasteiger partial charge is 0.220 e. The number of primary amides is 1. The van der Waals surface area contributed by atoms with Crippen molar-refractivity contribution >= 4 is 46.7 Å². The van der Waals surface area contributed by atoms with Gasteiger partial charge in [-0.1, -0.05) is 0 Å². The molecular weight excluding hydrogens is 510 g/mol. The summed E-state index contributed by atoms with van der Waals surface area (Å²) in [5.41, 5.74) is 7.43. The first-order valence-electron chi connectivity index (χ1n) is 10.8. The van der Waals surface area contributed by atoms with Crippen molar-refractivity contribution in [3.63, 3.8) is 0 Å². The Morgan fingerprint density at radius 1 is 1.26 bits per heavy atom. The lowest BCUT2D eigenvalue weighted by molar-refractivity contribution is -0.123. The SMILES string of the molecule is CN=C(NCCCCN1CCC(C(N)=O)CC1)NCCc1c[nH]c2ccc(F)cc12.I.